The van der Waals surface area contributed by atoms with Crippen LogP contribution < -0.4 is 15.4 Å². The van der Waals surface area contributed by atoms with Crippen molar-refractivity contribution in [1.82, 2.24) is 20.3 Å². The number of amides is 2. The van der Waals surface area contributed by atoms with Crippen molar-refractivity contribution >= 4 is 11.7 Å². The summed E-state index contributed by atoms with van der Waals surface area (Å²) in [6.07, 6.45) is 4.17. The first-order valence-corrected chi connectivity index (χ1v) is 11.2. The quantitative estimate of drug-likeness (QED) is 0.367. The SMILES string of the molecule is CCc1nccc(-c2cccnc2Oc2ccc(NC(=O)NCc3ccc(C)cc3)cc2C)n1. The molecular formula is C27H27N5O2. The molecule has 4 rings (SSSR count). The molecule has 4 aromatic rings. The summed E-state index contributed by atoms with van der Waals surface area (Å²) in [6.45, 7) is 6.43. The lowest BCUT2D eigenvalue weighted by Crippen LogP contribution is -2.28. The monoisotopic (exact) mass is 453 g/mol. The first-order valence-electron chi connectivity index (χ1n) is 11.2. The lowest BCUT2D eigenvalue weighted by Gasteiger charge is -2.13. The fraction of sp³-hybridized carbons (Fsp3) is 0.185. The highest BCUT2D eigenvalue weighted by molar-refractivity contribution is 5.89. The number of aromatic nitrogens is 3. The van der Waals surface area contributed by atoms with Gasteiger partial charge in [0.05, 0.1) is 11.3 Å². The Morgan fingerprint density at radius 2 is 1.79 bits per heavy atom. The summed E-state index contributed by atoms with van der Waals surface area (Å²) in [5.74, 6) is 1.87. The zero-order valence-corrected chi connectivity index (χ0v) is 19.5. The van der Waals surface area contributed by atoms with E-state index in [9.17, 15) is 4.79 Å². The van der Waals surface area contributed by atoms with Crippen molar-refractivity contribution in [1.29, 1.82) is 0 Å². The highest BCUT2D eigenvalue weighted by Crippen LogP contribution is 2.32. The Labute approximate surface area is 199 Å². The predicted octanol–water partition coefficient (Wildman–Crippen LogP) is 5.83. The summed E-state index contributed by atoms with van der Waals surface area (Å²) in [5, 5.41) is 5.74. The van der Waals surface area contributed by atoms with Gasteiger partial charge in [0.25, 0.3) is 0 Å². The van der Waals surface area contributed by atoms with Crippen LogP contribution in [0.5, 0.6) is 11.6 Å². The van der Waals surface area contributed by atoms with Gasteiger partial charge in [-0.1, -0.05) is 36.8 Å². The van der Waals surface area contributed by atoms with E-state index in [0.29, 0.717) is 23.9 Å². The molecule has 0 saturated carbocycles. The summed E-state index contributed by atoms with van der Waals surface area (Å²) in [5.41, 5.74) is 5.32. The van der Waals surface area contributed by atoms with Gasteiger partial charge in [0.1, 0.15) is 11.6 Å². The second-order valence-electron chi connectivity index (χ2n) is 7.94. The van der Waals surface area contributed by atoms with E-state index in [1.165, 1.54) is 5.56 Å². The van der Waals surface area contributed by atoms with Gasteiger partial charge in [-0.05, 0) is 61.4 Å². The lowest BCUT2D eigenvalue weighted by molar-refractivity contribution is 0.251. The average molecular weight is 454 g/mol. The zero-order valence-electron chi connectivity index (χ0n) is 19.5. The van der Waals surface area contributed by atoms with Crippen molar-refractivity contribution in [2.75, 3.05) is 5.32 Å². The minimum absolute atomic E-state index is 0.267. The van der Waals surface area contributed by atoms with Gasteiger partial charge >= 0.3 is 6.03 Å². The number of pyridine rings is 1. The van der Waals surface area contributed by atoms with E-state index in [1.807, 2.05) is 75.4 Å². The summed E-state index contributed by atoms with van der Waals surface area (Å²) in [7, 11) is 0. The first kappa shape index (κ1) is 22.9. The zero-order chi connectivity index (χ0) is 23.9. The molecule has 2 N–H and O–H groups in total. The smallest absolute Gasteiger partial charge is 0.319 e. The number of hydrogen-bond acceptors (Lipinski definition) is 5. The number of rotatable bonds is 7. The van der Waals surface area contributed by atoms with E-state index in [2.05, 4.69) is 25.6 Å². The van der Waals surface area contributed by atoms with E-state index in [1.54, 1.807) is 18.5 Å². The molecule has 0 bridgehead atoms. The Balaban J connectivity index is 1.44. The maximum atomic E-state index is 12.3. The number of hydrogen-bond donors (Lipinski definition) is 2. The number of urea groups is 1. The lowest BCUT2D eigenvalue weighted by atomic mass is 10.1. The topological polar surface area (TPSA) is 89.0 Å². The molecule has 0 spiro atoms. The molecule has 2 amide bonds. The molecule has 0 aliphatic carbocycles. The fourth-order valence-corrected chi connectivity index (χ4v) is 3.40. The van der Waals surface area contributed by atoms with Crippen molar-refractivity contribution in [3.63, 3.8) is 0 Å². The maximum absolute atomic E-state index is 12.3. The molecule has 0 aliphatic rings. The van der Waals surface area contributed by atoms with Gasteiger partial charge in [0, 0.05) is 31.0 Å². The minimum atomic E-state index is -0.267. The molecule has 7 nitrogen and oxygen atoms in total. The molecule has 34 heavy (non-hydrogen) atoms. The Hall–Kier alpha value is -4.26. The van der Waals surface area contributed by atoms with Crippen LogP contribution in [0.25, 0.3) is 11.3 Å². The fourth-order valence-electron chi connectivity index (χ4n) is 3.40. The molecule has 0 aliphatic heterocycles. The van der Waals surface area contributed by atoms with Crippen LogP contribution in [0, 0.1) is 13.8 Å². The van der Waals surface area contributed by atoms with Crippen LogP contribution in [-0.2, 0) is 13.0 Å². The van der Waals surface area contributed by atoms with Crippen LogP contribution in [0.15, 0.2) is 73.1 Å². The summed E-state index contributed by atoms with van der Waals surface area (Å²) >= 11 is 0. The van der Waals surface area contributed by atoms with Gasteiger partial charge in [-0.15, -0.1) is 0 Å². The maximum Gasteiger partial charge on any atom is 0.319 e. The van der Waals surface area contributed by atoms with Gasteiger partial charge in [-0.3, -0.25) is 0 Å². The van der Waals surface area contributed by atoms with Gasteiger partial charge in [0.2, 0.25) is 5.88 Å². The molecule has 0 atom stereocenters. The van der Waals surface area contributed by atoms with E-state index in [0.717, 1.165) is 34.6 Å². The standard InChI is InChI=1S/C27H27N5O2/c1-4-25-28-15-13-23(32-25)22-6-5-14-29-26(22)34-24-12-11-21(16-19(24)3)31-27(33)30-17-20-9-7-18(2)8-10-20/h5-16H,4,17H2,1-3H3,(H2,30,31,33). The number of nitrogens with zero attached hydrogens (tertiary/aromatic N) is 3. The second-order valence-corrected chi connectivity index (χ2v) is 7.94. The van der Waals surface area contributed by atoms with Crippen molar-refractivity contribution in [2.45, 2.75) is 33.7 Å². The highest BCUT2D eigenvalue weighted by Gasteiger charge is 2.13. The van der Waals surface area contributed by atoms with Gasteiger partial charge < -0.3 is 15.4 Å². The van der Waals surface area contributed by atoms with E-state index >= 15 is 0 Å². The molecule has 2 heterocycles. The largest absolute Gasteiger partial charge is 0.438 e. The summed E-state index contributed by atoms with van der Waals surface area (Å²) < 4.78 is 6.14. The van der Waals surface area contributed by atoms with Crippen LogP contribution in [0.4, 0.5) is 10.5 Å². The minimum Gasteiger partial charge on any atom is -0.438 e. The van der Waals surface area contributed by atoms with Crippen molar-refractivity contribution in [3.8, 4) is 22.9 Å². The molecule has 172 valence electrons. The summed E-state index contributed by atoms with van der Waals surface area (Å²) in [4.78, 5) is 25.6. The molecule has 0 unspecified atom stereocenters. The number of anilines is 1. The number of carbonyl (C=O) groups excluding carboxylic acids is 1. The Bertz CT molecular complexity index is 1290. The molecule has 0 radical (unpaired) electrons. The van der Waals surface area contributed by atoms with E-state index in [-0.39, 0.29) is 6.03 Å². The molecule has 2 aromatic heterocycles. The number of benzene rings is 2. The Morgan fingerprint density at radius 3 is 2.56 bits per heavy atom. The molecular weight excluding hydrogens is 426 g/mol. The molecule has 7 heteroatoms. The van der Waals surface area contributed by atoms with Crippen LogP contribution >= 0.6 is 0 Å². The first-order chi connectivity index (χ1) is 16.5. The number of ether oxygens (including phenoxy) is 1. The summed E-state index contributed by atoms with van der Waals surface area (Å²) in [6, 6.07) is 18.9. The highest BCUT2D eigenvalue weighted by atomic mass is 16.5. The predicted molar refractivity (Wildman–Crippen MR) is 133 cm³/mol. The van der Waals surface area contributed by atoms with Crippen molar-refractivity contribution in [3.05, 3.63) is 95.6 Å². The van der Waals surface area contributed by atoms with Crippen LogP contribution in [-0.4, -0.2) is 21.0 Å². The Kier molecular flexibility index (Phi) is 7.13. The third-order valence-electron chi connectivity index (χ3n) is 5.28. The third-order valence-corrected chi connectivity index (χ3v) is 5.28. The van der Waals surface area contributed by atoms with E-state index < -0.39 is 0 Å². The van der Waals surface area contributed by atoms with Crippen molar-refractivity contribution in [2.24, 2.45) is 0 Å². The van der Waals surface area contributed by atoms with Crippen LogP contribution in [0.3, 0.4) is 0 Å². The Morgan fingerprint density at radius 1 is 0.971 bits per heavy atom. The van der Waals surface area contributed by atoms with Gasteiger partial charge in [-0.25, -0.2) is 19.7 Å². The third kappa shape index (κ3) is 5.75. The number of aryl methyl sites for hydroxylation is 3. The molecule has 0 saturated heterocycles. The van der Waals surface area contributed by atoms with Crippen LogP contribution in [0.2, 0.25) is 0 Å². The normalized spacial score (nSPS) is 10.6. The number of nitrogens with one attached hydrogen (secondary N) is 2. The van der Waals surface area contributed by atoms with Gasteiger partial charge in [-0.2, -0.15) is 0 Å². The van der Waals surface area contributed by atoms with Crippen molar-refractivity contribution < 1.29 is 9.53 Å². The second kappa shape index (κ2) is 10.6. The molecule has 0 fully saturated rings. The van der Waals surface area contributed by atoms with Crippen LogP contribution in [0.1, 0.15) is 29.4 Å². The van der Waals surface area contributed by atoms with E-state index in [4.69, 9.17) is 4.74 Å². The van der Waals surface area contributed by atoms with Gasteiger partial charge in [0.15, 0.2) is 0 Å². The average Bonchev–Trinajstić information content (AvgIpc) is 2.86. The molecule has 2 aromatic carbocycles. The number of carbonyl (C=O) groups is 1.